The van der Waals surface area contributed by atoms with Crippen molar-refractivity contribution in [2.45, 2.75) is 82.0 Å². The molecule has 2 aliphatic carbocycles. The van der Waals surface area contributed by atoms with E-state index in [0.29, 0.717) is 36.3 Å². The van der Waals surface area contributed by atoms with Crippen LogP contribution in [0.5, 0.6) is 0 Å². The van der Waals surface area contributed by atoms with Crippen LogP contribution in [0.2, 0.25) is 0 Å². The molecular formula is C27H32F2N6O. The van der Waals surface area contributed by atoms with Crippen LogP contribution in [0.25, 0.3) is 11.0 Å². The van der Waals surface area contributed by atoms with E-state index in [9.17, 15) is 13.6 Å². The van der Waals surface area contributed by atoms with Crippen molar-refractivity contribution in [2.24, 2.45) is 0 Å². The summed E-state index contributed by atoms with van der Waals surface area (Å²) in [7, 11) is 0. The number of benzene rings is 1. The third-order valence-electron chi connectivity index (χ3n) is 8.27. The van der Waals surface area contributed by atoms with Crippen LogP contribution in [0.15, 0.2) is 30.5 Å². The maximum atomic E-state index is 13.9. The number of anilines is 1. The van der Waals surface area contributed by atoms with Crippen molar-refractivity contribution in [3.8, 4) is 0 Å². The highest BCUT2D eigenvalue weighted by atomic mass is 19.1. The lowest BCUT2D eigenvalue weighted by atomic mass is 9.80. The summed E-state index contributed by atoms with van der Waals surface area (Å²) in [5.74, 6) is -0.498. The molecule has 1 spiro atoms. The molecule has 0 bridgehead atoms. The van der Waals surface area contributed by atoms with Gasteiger partial charge in [0.15, 0.2) is 0 Å². The minimum Gasteiger partial charge on any atom is -0.351 e. The van der Waals surface area contributed by atoms with Crippen LogP contribution in [0, 0.1) is 11.6 Å². The first kappa shape index (κ1) is 23.3. The van der Waals surface area contributed by atoms with E-state index in [0.717, 1.165) is 68.5 Å². The molecular weight excluding hydrogens is 462 g/mol. The van der Waals surface area contributed by atoms with Crippen molar-refractivity contribution in [1.29, 1.82) is 0 Å². The molecule has 9 heteroatoms. The first-order valence-electron chi connectivity index (χ1n) is 13.1. The molecule has 7 nitrogen and oxygen atoms in total. The van der Waals surface area contributed by atoms with Gasteiger partial charge in [-0.05, 0) is 50.7 Å². The van der Waals surface area contributed by atoms with Crippen LogP contribution in [0.1, 0.15) is 73.8 Å². The number of carbonyl (C=O) groups excluding carboxylic acids is 1. The van der Waals surface area contributed by atoms with Crippen molar-refractivity contribution in [3.63, 3.8) is 0 Å². The van der Waals surface area contributed by atoms with Crippen molar-refractivity contribution in [2.75, 3.05) is 11.9 Å². The van der Waals surface area contributed by atoms with E-state index in [-0.39, 0.29) is 17.5 Å². The topological polar surface area (TPSA) is 83.9 Å². The smallest absolute Gasteiger partial charge is 0.268 e. The second-order valence-corrected chi connectivity index (χ2v) is 10.6. The Kier molecular flexibility index (Phi) is 6.11. The first-order valence-corrected chi connectivity index (χ1v) is 13.1. The number of aromatic nitrogens is 3. The average molecular weight is 495 g/mol. The van der Waals surface area contributed by atoms with Gasteiger partial charge in [-0.25, -0.2) is 13.8 Å². The number of rotatable bonds is 5. The van der Waals surface area contributed by atoms with Crippen molar-refractivity contribution in [1.82, 2.24) is 25.2 Å². The van der Waals surface area contributed by atoms with Gasteiger partial charge < -0.3 is 20.5 Å². The highest BCUT2D eigenvalue weighted by Gasteiger charge is 2.41. The van der Waals surface area contributed by atoms with Gasteiger partial charge >= 0.3 is 0 Å². The Morgan fingerprint density at radius 2 is 1.83 bits per heavy atom. The Balaban J connectivity index is 1.13. The minimum absolute atomic E-state index is 0.0370. The molecule has 0 atom stereocenters. The predicted molar refractivity (Wildman–Crippen MR) is 134 cm³/mol. The SMILES string of the molecule is O=C1NCC2(CCCCC2)n2c1cc1cnc(N[C@H]3CC[C@H](NCc4ccc(F)cc4F)CC3)nc12. The highest BCUT2D eigenvalue weighted by Crippen LogP contribution is 2.40. The zero-order chi connectivity index (χ0) is 24.7. The molecule has 2 saturated carbocycles. The van der Waals surface area contributed by atoms with E-state index >= 15 is 0 Å². The van der Waals surface area contributed by atoms with Gasteiger partial charge in [-0.1, -0.05) is 25.3 Å². The second kappa shape index (κ2) is 9.42. The highest BCUT2D eigenvalue weighted by molar-refractivity contribution is 5.99. The van der Waals surface area contributed by atoms with Crippen molar-refractivity contribution in [3.05, 3.63) is 53.4 Å². The number of halogens is 2. The monoisotopic (exact) mass is 494 g/mol. The van der Waals surface area contributed by atoms with E-state index < -0.39 is 11.6 Å². The van der Waals surface area contributed by atoms with Gasteiger partial charge in [0.1, 0.15) is 23.0 Å². The number of nitrogens with zero attached hydrogens (tertiary/aromatic N) is 3. The summed E-state index contributed by atoms with van der Waals surface area (Å²) in [5, 5.41) is 10.9. The van der Waals surface area contributed by atoms with Gasteiger partial charge in [0.05, 0.1) is 5.54 Å². The third-order valence-corrected chi connectivity index (χ3v) is 8.27. The Bertz CT molecular complexity index is 1280. The first-order chi connectivity index (χ1) is 17.5. The second-order valence-electron chi connectivity index (χ2n) is 10.6. The van der Waals surface area contributed by atoms with Crippen LogP contribution in [-0.4, -0.2) is 39.1 Å². The average Bonchev–Trinajstić information content (AvgIpc) is 3.28. The molecule has 1 aliphatic heterocycles. The summed E-state index contributed by atoms with van der Waals surface area (Å²) in [4.78, 5) is 22.1. The Morgan fingerprint density at radius 1 is 1.06 bits per heavy atom. The molecule has 36 heavy (non-hydrogen) atoms. The predicted octanol–water partition coefficient (Wildman–Crippen LogP) is 4.63. The molecule has 3 aromatic rings. The Labute approximate surface area is 209 Å². The van der Waals surface area contributed by atoms with Gasteiger partial charge in [0.2, 0.25) is 5.95 Å². The molecule has 0 unspecified atom stereocenters. The quantitative estimate of drug-likeness (QED) is 0.482. The standard InChI is InChI=1S/C27H32F2N6O/c28-19-5-4-17(22(29)13-19)14-30-20-6-8-21(9-7-20)33-26-31-15-18-12-23-25(36)32-16-27(10-2-1-3-11-27)35(23)24(18)34-26/h4-5,12-13,15,20-21,30H,1-3,6-11,14,16H2,(H,32,36)(H,31,33,34)/t20-,21-. The van der Waals surface area contributed by atoms with Crippen LogP contribution in [0.4, 0.5) is 14.7 Å². The van der Waals surface area contributed by atoms with Crippen LogP contribution < -0.4 is 16.0 Å². The van der Waals surface area contributed by atoms with Crippen LogP contribution in [0.3, 0.4) is 0 Å². The fourth-order valence-electron chi connectivity index (χ4n) is 6.27. The van der Waals surface area contributed by atoms with E-state index in [1.807, 2.05) is 12.3 Å². The molecule has 190 valence electrons. The third kappa shape index (κ3) is 4.34. The zero-order valence-corrected chi connectivity index (χ0v) is 20.3. The molecule has 1 aromatic carbocycles. The Hall–Kier alpha value is -3.07. The lowest BCUT2D eigenvalue weighted by Gasteiger charge is -2.42. The fourth-order valence-corrected chi connectivity index (χ4v) is 6.27. The summed E-state index contributed by atoms with van der Waals surface area (Å²) in [5.41, 5.74) is 1.92. The number of hydrogen-bond donors (Lipinski definition) is 3. The summed E-state index contributed by atoms with van der Waals surface area (Å²) in [6, 6.07) is 6.19. The van der Waals surface area contributed by atoms with Gasteiger partial charge in [0, 0.05) is 48.4 Å². The number of carbonyl (C=O) groups is 1. The Morgan fingerprint density at radius 3 is 2.61 bits per heavy atom. The van der Waals surface area contributed by atoms with Gasteiger partial charge in [-0.15, -0.1) is 0 Å². The van der Waals surface area contributed by atoms with E-state index in [2.05, 4.69) is 25.5 Å². The number of hydrogen-bond acceptors (Lipinski definition) is 5. The summed E-state index contributed by atoms with van der Waals surface area (Å²) in [6.45, 7) is 1.05. The molecule has 6 rings (SSSR count). The number of fused-ring (bicyclic) bond motifs is 4. The number of amides is 1. The van der Waals surface area contributed by atoms with Crippen LogP contribution in [-0.2, 0) is 12.1 Å². The summed E-state index contributed by atoms with van der Waals surface area (Å²) < 4.78 is 29.2. The molecule has 0 radical (unpaired) electrons. The van der Waals surface area contributed by atoms with E-state index in [1.165, 1.54) is 18.6 Å². The summed E-state index contributed by atoms with van der Waals surface area (Å²) >= 11 is 0. The largest absolute Gasteiger partial charge is 0.351 e. The van der Waals surface area contributed by atoms with E-state index in [1.54, 1.807) is 0 Å². The van der Waals surface area contributed by atoms with Gasteiger partial charge in [0.25, 0.3) is 5.91 Å². The molecule has 0 saturated heterocycles. The number of nitrogens with one attached hydrogen (secondary N) is 3. The lowest BCUT2D eigenvalue weighted by Crippen LogP contribution is -2.52. The summed E-state index contributed by atoms with van der Waals surface area (Å²) in [6.07, 6.45) is 11.3. The van der Waals surface area contributed by atoms with Crippen molar-refractivity contribution >= 4 is 22.9 Å². The molecule has 2 aromatic heterocycles. The van der Waals surface area contributed by atoms with Crippen LogP contribution >= 0.6 is 0 Å². The molecule has 3 heterocycles. The molecule has 3 aliphatic rings. The minimum atomic E-state index is -0.555. The molecule has 2 fully saturated rings. The van der Waals surface area contributed by atoms with Gasteiger partial charge in [-0.2, -0.15) is 4.98 Å². The van der Waals surface area contributed by atoms with E-state index in [4.69, 9.17) is 4.98 Å². The van der Waals surface area contributed by atoms with Crippen molar-refractivity contribution < 1.29 is 13.6 Å². The zero-order valence-electron chi connectivity index (χ0n) is 20.3. The molecule has 3 N–H and O–H groups in total. The lowest BCUT2D eigenvalue weighted by molar-refractivity contribution is 0.0833. The van der Waals surface area contributed by atoms with Gasteiger partial charge in [-0.3, -0.25) is 4.79 Å². The maximum absolute atomic E-state index is 13.9. The molecule has 1 amide bonds. The normalized spacial score (nSPS) is 23.4. The fraction of sp³-hybridized carbons (Fsp3) is 0.519. The maximum Gasteiger partial charge on any atom is 0.268 e.